The Kier molecular flexibility index (Phi) is 9.47. The number of aromatic carboxylic acids is 1. The highest BCUT2D eigenvalue weighted by Gasteiger charge is 2.27. The summed E-state index contributed by atoms with van der Waals surface area (Å²) in [5.74, 6) is -2.03. The number of rotatable bonds is 5. The van der Waals surface area contributed by atoms with Crippen LogP contribution in [0.5, 0.6) is 0 Å². The molecule has 2 saturated heterocycles. The maximum atomic E-state index is 14.9. The molecular formula is C24H32ClFN4O5. The number of piperazine rings is 1. The Balaban J connectivity index is 0.000000795. The highest BCUT2D eigenvalue weighted by atomic mass is 35.5. The van der Waals surface area contributed by atoms with Gasteiger partial charge in [0.05, 0.1) is 41.4 Å². The van der Waals surface area contributed by atoms with Crippen molar-refractivity contribution >= 4 is 40.1 Å². The van der Waals surface area contributed by atoms with Crippen LogP contribution >= 0.6 is 11.6 Å². The van der Waals surface area contributed by atoms with Gasteiger partial charge in [-0.2, -0.15) is 0 Å². The Morgan fingerprint density at radius 1 is 1.11 bits per heavy atom. The number of carbonyl (C=O) groups excluding carboxylic acids is 1. The molecule has 1 amide bonds. The molecule has 11 heteroatoms. The molecule has 2 aromatic rings. The molecule has 0 bridgehead atoms. The van der Waals surface area contributed by atoms with Crippen molar-refractivity contribution < 1.29 is 23.8 Å². The van der Waals surface area contributed by atoms with Crippen molar-refractivity contribution in [2.75, 3.05) is 63.9 Å². The summed E-state index contributed by atoms with van der Waals surface area (Å²) < 4.78 is 20.2. The molecule has 35 heavy (non-hydrogen) atoms. The number of carbonyl (C=O) groups is 2. The zero-order valence-corrected chi connectivity index (χ0v) is 20.9. The molecule has 0 saturated carbocycles. The van der Waals surface area contributed by atoms with E-state index in [4.69, 9.17) is 21.4 Å². The van der Waals surface area contributed by atoms with E-state index in [1.165, 1.54) is 12.8 Å². The lowest BCUT2D eigenvalue weighted by atomic mass is 10.1. The van der Waals surface area contributed by atoms with Gasteiger partial charge >= 0.3 is 5.97 Å². The van der Waals surface area contributed by atoms with E-state index >= 15 is 0 Å². The summed E-state index contributed by atoms with van der Waals surface area (Å²) >= 11 is 6.42. The number of hydrogen-bond donors (Lipinski definition) is 2. The van der Waals surface area contributed by atoms with Crippen molar-refractivity contribution in [2.24, 2.45) is 0 Å². The highest BCUT2D eigenvalue weighted by molar-refractivity contribution is 6.37. The van der Waals surface area contributed by atoms with Crippen LogP contribution in [0.3, 0.4) is 0 Å². The highest BCUT2D eigenvalue weighted by Crippen LogP contribution is 2.35. The van der Waals surface area contributed by atoms with Gasteiger partial charge in [0.25, 0.3) is 0 Å². The molecule has 1 aromatic heterocycles. The number of nitrogens with one attached hydrogen (secondary N) is 1. The second-order valence-corrected chi connectivity index (χ2v) is 8.91. The van der Waals surface area contributed by atoms with E-state index in [9.17, 15) is 18.8 Å². The molecule has 4 rings (SSSR count). The summed E-state index contributed by atoms with van der Waals surface area (Å²) in [5, 5.41) is 9.02. The molecule has 2 aliphatic heterocycles. The second kappa shape index (κ2) is 12.3. The van der Waals surface area contributed by atoms with Gasteiger partial charge in [0.15, 0.2) is 0 Å². The lowest BCUT2D eigenvalue weighted by molar-refractivity contribution is -0.136. The minimum absolute atomic E-state index is 0.0295. The number of H-pyrrole nitrogens is 1. The van der Waals surface area contributed by atoms with Crippen LogP contribution in [-0.4, -0.2) is 90.8 Å². The summed E-state index contributed by atoms with van der Waals surface area (Å²) in [6.07, 6.45) is 3.70. The van der Waals surface area contributed by atoms with Crippen LogP contribution in [0.1, 0.15) is 37.0 Å². The number of aromatic amines is 1. The van der Waals surface area contributed by atoms with E-state index < -0.39 is 22.8 Å². The number of pyridine rings is 1. The fraction of sp³-hybridized carbons (Fsp3) is 0.542. The zero-order valence-electron chi connectivity index (χ0n) is 20.1. The van der Waals surface area contributed by atoms with Crippen molar-refractivity contribution in [1.29, 1.82) is 0 Å². The number of fused-ring (bicyclic) bond motifs is 1. The van der Waals surface area contributed by atoms with Crippen LogP contribution < -0.4 is 10.3 Å². The first-order valence-corrected chi connectivity index (χ1v) is 12.3. The molecule has 0 radical (unpaired) electrons. The maximum Gasteiger partial charge on any atom is 0.341 e. The molecule has 0 atom stereocenters. The van der Waals surface area contributed by atoms with Gasteiger partial charge in [-0.25, -0.2) is 9.18 Å². The molecule has 0 unspecified atom stereocenters. The number of hydrogen-bond acceptors (Lipinski definition) is 6. The van der Waals surface area contributed by atoms with Crippen LogP contribution in [0.25, 0.3) is 10.9 Å². The van der Waals surface area contributed by atoms with Crippen molar-refractivity contribution in [1.82, 2.24) is 14.8 Å². The summed E-state index contributed by atoms with van der Waals surface area (Å²) in [5.41, 5.74) is -0.917. The number of halogens is 2. The van der Waals surface area contributed by atoms with Gasteiger partial charge in [-0.05, 0) is 6.07 Å². The topological polar surface area (TPSA) is 106 Å². The Hall–Kier alpha value is -2.69. The van der Waals surface area contributed by atoms with Crippen LogP contribution in [0.15, 0.2) is 17.1 Å². The number of unbranched alkanes of at least 4 members (excludes halogenated alkanes) is 1. The minimum Gasteiger partial charge on any atom is -0.477 e. The molecule has 2 fully saturated rings. The van der Waals surface area contributed by atoms with E-state index in [0.717, 1.165) is 12.3 Å². The smallest absolute Gasteiger partial charge is 0.341 e. The van der Waals surface area contributed by atoms with Gasteiger partial charge in [-0.3, -0.25) is 14.5 Å². The van der Waals surface area contributed by atoms with E-state index in [-0.39, 0.29) is 27.5 Å². The molecule has 9 nitrogen and oxygen atoms in total. The minimum atomic E-state index is -1.40. The van der Waals surface area contributed by atoms with Gasteiger partial charge in [0.1, 0.15) is 11.4 Å². The predicted octanol–water partition coefficient (Wildman–Crippen LogP) is 2.81. The number of morpholine rings is 1. The average molecular weight is 511 g/mol. The predicted molar refractivity (Wildman–Crippen MR) is 133 cm³/mol. The lowest BCUT2D eigenvalue weighted by Gasteiger charge is -2.37. The molecule has 192 valence electrons. The Morgan fingerprint density at radius 3 is 2.31 bits per heavy atom. The van der Waals surface area contributed by atoms with Gasteiger partial charge in [-0.1, -0.05) is 38.3 Å². The average Bonchev–Trinajstić information content (AvgIpc) is 2.86. The number of amides is 1. The van der Waals surface area contributed by atoms with E-state index in [1.807, 2.05) is 4.90 Å². The van der Waals surface area contributed by atoms with Crippen molar-refractivity contribution in [2.45, 2.75) is 26.7 Å². The number of anilines is 1. The first kappa shape index (κ1) is 26.9. The van der Waals surface area contributed by atoms with Gasteiger partial charge in [-0.15, -0.1) is 0 Å². The van der Waals surface area contributed by atoms with E-state index in [2.05, 4.69) is 18.8 Å². The number of carboxylic acids is 1. The quantitative estimate of drug-likeness (QED) is 0.637. The monoisotopic (exact) mass is 510 g/mol. The van der Waals surface area contributed by atoms with Crippen LogP contribution in [0.2, 0.25) is 5.02 Å². The van der Waals surface area contributed by atoms with Crippen molar-refractivity contribution in [3.63, 3.8) is 0 Å². The third-order valence-corrected chi connectivity index (χ3v) is 6.55. The number of carboxylic acid groups (broad SMARTS) is 1. The van der Waals surface area contributed by atoms with Crippen LogP contribution in [-0.2, 0) is 9.53 Å². The normalized spacial score (nSPS) is 16.7. The Bertz CT molecular complexity index is 1110. The van der Waals surface area contributed by atoms with Crippen molar-refractivity contribution in [3.8, 4) is 0 Å². The molecular weight excluding hydrogens is 479 g/mol. The first-order chi connectivity index (χ1) is 16.8. The van der Waals surface area contributed by atoms with Gasteiger partial charge < -0.3 is 24.6 Å². The number of aromatic nitrogens is 1. The molecule has 2 N–H and O–H groups in total. The molecule has 3 heterocycles. The largest absolute Gasteiger partial charge is 0.477 e. The Labute approximate surface area is 208 Å². The fourth-order valence-corrected chi connectivity index (χ4v) is 4.33. The summed E-state index contributed by atoms with van der Waals surface area (Å²) in [7, 11) is 0. The fourth-order valence-electron chi connectivity index (χ4n) is 3.97. The van der Waals surface area contributed by atoms with E-state index in [1.54, 1.807) is 9.80 Å². The third kappa shape index (κ3) is 6.31. The molecule has 1 aromatic carbocycles. The summed E-state index contributed by atoms with van der Waals surface area (Å²) in [4.78, 5) is 44.2. The number of benzene rings is 1. The third-order valence-electron chi connectivity index (χ3n) is 6.19. The van der Waals surface area contributed by atoms with Gasteiger partial charge in [0, 0.05) is 45.5 Å². The van der Waals surface area contributed by atoms with E-state index in [0.29, 0.717) is 59.0 Å². The lowest BCUT2D eigenvalue weighted by Crippen LogP contribution is -2.51. The Morgan fingerprint density at radius 2 is 1.74 bits per heavy atom. The number of ether oxygens (including phenoxy) is 1. The molecule has 2 aliphatic rings. The molecule has 0 aliphatic carbocycles. The van der Waals surface area contributed by atoms with Gasteiger partial charge in [0.2, 0.25) is 11.3 Å². The SMILES string of the molecule is CCCC.O=C(O)c1c[nH]c2c(Cl)c(N3CCN(CC(=O)N4CCOCC4)CC3)c(F)cc2c1=O. The molecule has 0 spiro atoms. The first-order valence-electron chi connectivity index (χ1n) is 11.9. The maximum absolute atomic E-state index is 14.9. The summed E-state index contributed by atoms with van der Waals surface area (Å²) in [6.45, 7) is 8.97. The summed E-state index contributed by atoms with van der Waals surface area (Å²) in [6, 6.07) is 1.02. The standard InChI is InChI=1S/C20H22ClFN4O5.C4H10/c21-16-17-12(19(28)13(10-23-17)20(29)30)9-14(22)18(16)26-3-1-24(2-4-26)11-15(27)25-5-7-31-8-6-25;1-3-4-2/h9-10H,1-8,11H2,(H,23,28)(H,29,30);3-4H2,1-2H3. The number of nitrogens with zero attached hydrogens (tertiary/aromatic N) is 3. The van der Waals surface area contributed by atoms with Crippen LogP contribution in [0.4, 0.5) is 10.1 Å². The van der Waals surface area contributed by atoms with Crippen LogP contribution in [0, 0.1) is 5.82 Å². The second-order valence-electron chi connectivity index (χ2n) is 8.54. The van der Waals surface area contributed by atoms with Crippen molar-refractivity contribution in [3.05, 3.63) is 38.9 Å². The zero-order chi connectivity index (χ0) is 25.5.